The van der Waals surface area contributed by atoms with Crippen LogP contribution in [0.4, 0.5) is 0 Å². The van der Waals surface area contributed by atoms with Crippen LogP contribution in [0.25, 0.3) is 0 Å². The zero-order chi connectivity index (χ0) is 24.4. The lowest BCUT2D eigenvalue weighted by atomic mass is 9.85. The Bertz CT molecular complexity index is 708. The van der Waals surface area contributed by atoms with Crippen LogP contribution in [0.3, 0.4) is 0 Å². The predicted octanol–water partition coefficient (Wildman–Crippen LogP) is 0.959. The Balaban J connectivity index is 2.19. The summed E-state index contributed by atoms with van der Waals surface area (Å²) in [6.07, 6.45) is -0.941. The first-order valence-corrected chi connectivity index (χ1v) is 11.4. The van der Waals surface area contributed by atoms with Crippen molar-refractivity contribution in [1.82, 2.24) is 10.6 Å². The largest absolute Gasteiger partial charge is 0.469 e. The molecular weight excluding hydrogens is 440 g/mol. The first kappa shape index (κ1) is 28.1. The Hall–Kier alpha value is -1.98. The van der Waals surface area contributed by atoms with Crippen LogP contribution >= 0.6 is 11.8 Å². The number of ketones is 1. The average Bonchev–Trinajstić information content (AvgIpc) is 2.71. The summed E-state index contributed by atoms with van der Waals surface area (Å²) in [6.45, 7) is 8.04. The van der Waals surface area contributed by atoms with Crippen LogP contribution in [-0.4, -0.2) is 73.1 Å². The molecule has 0 unspecified atom stereocenters. The third kappa shape index (κ3) is 10.6. The molecule has 1 aliphatic heterocycles. The third-order valence-electron chi connectivity index (χ3n) is 4.66. The smallest absolute Gasteiger partial charge is 0.305 e. The Morgan fingerprint density at radius 3 is 2.34 bits per heavy atom. The quantitative estimate of drug-likeness (QED) is 0.241. The summed E-state index contributed by atoms with van der Waals surface area (Å²) in [4.78, 5) is 58.8. The Morgan fingerprint density at radius 2 is 1.69 bits per heavy atom. The molecule has 0 radical (unpaired) electrons. The maximum atomic E-state index is 12.5. The molecule has 2 N–H and O–H groups in total. The molecule has 10 nitrogen and oxygen atoms in total. The van der Waals surface area contributed by atoms with Crippen LogP contribution in [0, 0.1) is 5.41 Å². The van der Waals surface area contributed by atoms with Crippen LogP contribution in [0.2, 0.25) is 0 Å². The minimum absolute atomic E-state index is 0.0327. The second-order valence-corrected chi connectivity index (χ2v) is 9.73. The van der Waals surface area contributed by atoms with E-state index in [9.17, 15) is 24.0 Å². The molecule has 11 heteroatoms. The van der Waals surface area contributed by atoms with E-state index in [1.54, 1.807) is 13.8 Å². The molecular formula is C21H34N2O8S. The summed E-state index contributed by atoms with van der Waals surface area (Å²) in [5.74, 6) is -1.91. The van der Waals surface area contributed by atoms with E-state index in [-0.39, 0.29) is 61.5 Å². The Kier molecular flexibility index (Phi) is 11.3. The molecule has 0 aromatic carbocycles. The fraction of sp³-hybridized carbons (Fsp3) is 0.762. The van der Waals surface area contributed by atoms with E-state index in [0.29, 0.717) is 12.4 Å². The number of esters is 1. The van der Waals surface area contributed by atoms with Gasteiger partial charge in [-0.15, -0.1) is 0 Å². The van der Waals surface area contributed by atoms with Crippen molar-refractivity contribution < 1.29 is 38.2 Å². The van der Waals surface area contributed by atoms with Crippen LogP contribution in [0.15, 0.2) is 0 Å². The average molecular weight is 475 g/mol. The van der Waals surface area contributed by atoms with Crippen molar-refractivity contribution in [2.24, 2.45) is 5.41 Å². The fourth-order valence-electron chi connectivity index (χ4n) is 2.80. The van der Waals surface area contributed by atoms with Gasteiger partial charge < -0.3 is 24.8 Å². The number of hydrogen-bond acceptors (Lipinski definition) is 9. The van der Waals surface area contributed by atoms with Crippen LogP contribution in [0.5, 0.6) is 0 Å². The molecule has 2 amide bonds. The lowest BCUT2D eigenvalue weighted by Gasteiger charge is -2.44. The number of thioether (sulfide) groups is 1. The maximum Gasteiger partial charge on any atom is 0.305 e. The second-order valence-electron chi connectivity index (χ2n) is 8.58. The van der Waals surface area contributed by atoms with Crippen LogP contribution in [0.1, 0.15) is 53.4 Å². The number of hydrogen-bond donors (Lipinski definition) is 2. The minimum Gasteiger partial charge on any atom is -0.469 e. The van der Waals surface area contributed by atoms with Gasteiger partial charge in [-0.3, -0.25) is 24.0 Å². The van der Waals surface area contributed by atoms with E-state index in [1.807, 2.05) is 13.8 Å². The number of carbonyl (C=O) groups excluding carboxylic acids is 5. The molecule has 0 aromatic heterocycles. The van der Waals surface area contributed by atoms with Gasteiger partial charge in [0, 0.05) is 37.1 Å². The van der Waals surface area contributed by atoms with Gasteiger partial charge in [0.15, 0.2) is 10.9 Å². The SMILES string of the molecule is COC(=O)CCC(=O)CC(=O)SCCNC(=O)CCNC(=O)[C@@H]1OC(C)(C)OCC1(C)C. The minimum atomic E-state index is -0.851. The Morgan fingerprint density at radius 1 is 1.00 bits per heavy atom. The number of Topliss-reactive ketones (excluding diaryl/α,β-unsaturated/α-hetero) is 1. The molecule has 1 aliphatic rings. The van der Waals surface area contributed by atoms with Gasteiger partial charge in [-0.25, -0.2) is 0 Å². The van der Waals surface area contributed by atoms with Gasteiger partial charge in [-0.1, -0.05) is 25.6 Å². The van der Waals surface area contributed by atoms with E-state index < -0.39 is 23.3 Å². The van der Waals surface area contributed by atoms with E-state index in [4.69, 9.17) is 9.47 Å². The lowest BCUT2D eigenvalue weighted by Crippen LogP contribution is -2.56. The van der Waals surface area contributed by atoms with Crippen molar-refractivity contribution in [3.8, 4) is 0 Å². The summed E-state index contributed by atoms with van der Waals surface area (Å²) >= 11 is 0.945. The molecule has 0 bridgehead atoms. The van der Waals surface area contributed by atoms with Crippen molar-refractivity contribution in [2.75, 3.05) is 32.6 Å². The van der Waals surface area contributed by atoms with Crippen molar-refractivity contribution in [3.63, 3.8) is 0 Å². The normalized spacial score (nSPS) is 19.0. The number of ether oxygens (including phenoxy) is 3. The van der Waals surface area contributed by atoms with E-state index >= 15 is 0 Å². The van der Waals surface area contributed by atoms with E-state index in [0.717, 1.165) is 11.8 Å². The summed E-state index contributed by atoms with van der Waals surface area (Å²) in [6, 6.07) is 0. The van der Waals surface area contributed by atoms with Gasteiger partial charge in [-0.2, -0.15) is 0 Å². The van der Waals surface area contributed by atoms with Crippen LogP contribution in [-0.2, 0) is 38.2 Å². The highest BCUT2D eigenvalue weighted by Gasteiger charge is 2.45. The molecule has 1 saturated heterocycles. The van der Waals surface area contributed by atoms with E-state index in [1.165, 1.54) is 7.11 Å². The van der Waals surface area contributed by atoms with E-state index in [2.05, 4.69) is 15.4 Å². The predicted molar refractivity (Wildman–Crippen MR) is 118 cm³/mol. The topological polar surface area (TPSA) is 137 Å². The summed E-state index contributed by atoms with van der Waals surface area (Å²) in [5, 5.41) is 5.07. The Labute approximate surface area is 192 Å². The number of rotatable bonds is 12. The zero-order valence-corrected chi connectivity index (χ0v) is 20.2. The number of methoxy groups -OCH3 is 1. The molecule has 182 valence electrons. The first-order valence-electron chi connectivity index (χ1n) is 10.5. The molecule has 1 atom stereocenters. The van der Waals surface area contributed by atoms with Gasteiger partial charge >= 0.3 is 5.97 Å². The highest BCUT2D eigenvalue weighted by molar-refractivity contribution is 8.13. The number of carbonyl (C=O) groups is 5. The maximum absolute atomic E-state index is 12.5. The molecule has 1 heterocycles. The standard InChI is InChI=1S/C21H34N2O8S/c1-20(2)13-30-21(3,4)31-18(20)19(28)23-9-8-15(25)22-10-11-32-17(27)12-14(24)6-7-16(26)29-5/h18H,6-13H2,1-5H3,(H,22,25)(H,23,28)/t18-/m0/s1. The third-order valence-corrected chi connectivity index (χ3v) is 5.53. The zero-order valence-electron chi connectivity index (χ0n) is 19.4. The summed E-state index contributed by atoms with van der Waals surface area (Å²) < 4.78 is 15.8. The van der Waals surface area contributed by atoms with Crippen LogP contribution < -0.4 is 10.6 Å². The number of nitrogens with one attached hydrogen (secondary N) is 2. The summed E-state index contributed by atoms with van der Waals surface area (Å²) in [7, 11) is 1.23. The molecule has 0 spiro atoms. The van der Waals surface area contributed by atoms with Gasteiger partial charge in [-0.05, 0) is 13.8 Å². The van der Waals surface area contributed by atoms with Crippen molar-refractivity contribution in [1.29, 1.82) is 0 Å². The molecule has 0 saturated carbocycles. The monoisotopic (exact) mass is 474 g/mol. The fourth-order valence-corrected chi connectivity index (χ4v) is 3.50. The lowest BCUT2D eigenvalue weighted by molar-refractivity contribution is -0.304. The molecule has 1 fully saturated rings. The molecule has 0 aromatic rings. The van der Waals surface area contributed by atoms with Gasteiger partial charge in [0.25, 0.3) is 0 Å². The van der Waals surface area contributed by atoms with Gasteiger partial charge in [0.1, 0.15) is 11.9 Å². The van der Waals surface area contributed by atoms with Crippen molar-refractivity contribution in [2.45, 2.75) is 65.3 Å². The number of amides is 2. The molecule has 0 aliphatic carbocycles. The second kappa shape index (κ2) is 12.9. The summed E-state index contributed by atoms with van der Waals surface area (Å²) in [5.41, 5.74) is -0.494. The molecule has 32 heavy (non-hydrogen) atoms. The van der Waals surface area contributed by atoms with Gasteiger partial charge in [0.2, 0.25) is 11.8 Å². The molecule has 1 rings (SSSR count). The highest BCUT2D eigenvalue weighted by atomic mass is 32.2. The van der Waals surface area contributed by atoms with Crippen molar-refractivity contribution >= 4 is 40.4 Å². The van der Waals surface area contributed by atoms with Gasteiger partial charge in [0.05, 0.1) is 26.6 Å². The highest BCUT2D eigenvalue weighted by Crippen LogP contribution is 2.34. The first-order chi connectivity index (χ1) is 14.9. The van der Waals surface area contributed by atoms with Crippen molar-refractivity contribution in [3.05, 3.63) is 0 Å².